The first-order valence-electron chi connectivity index (χ1n) is 25.8. The van der Waals surface area contributed by atoms with Crippen molar-refractivity contribution in [2.75, 3.05) is 39.6 Å². The van der Waals surface area contributed by atoms with E-state index in [4.69, 9.17) is 44.1 Å². The van der Waals surface area contributed by atoms with E-state index in [1.807, 2.05) is 41.5 Å². The highest BCUT2D eigenvalue weighted by Crippen LogP contribution is 2.21. The molecular weight excluding hydrogens is 877 g/mol. The fourth-order valence-electron chi connectivity index (χ4n) is 7.77. The quantitative estimate of drug-likeness (QED) is 0.0208. The average Bonchev–Trinajstić information content (AvgIpc) is 3.27. The third-order valence-electron chi connectivity index (χ3n) is 11.1. The summed E-state index contributed by atoms with van der Waals surface area (Å²) >= 11 is 0. The van der Waals surface area contributed by atoms with Gasteiger partial charge in [0.2, 0.25) is 0 Å². The normalized spacial score (nSPS) is 11.8. The number of hydrogen-bond donors (Lipinski definition) is 0. The van der Waals surface area contributed by atoms with Gasteiger partial charge in [-0.2, -0.15) is 0 Å². The molecule has 0 N–H and O–H groups in total. The van der Waals surface area contributed by atoms with Gasteiger partial charge in [-0.1, -0.05) is 117 Å². The van der Waals surface area contributed by atoms with Gasteiger partial charge in [-0.25, -0.2) is 9.13 Å². The van der Waals surface area contributed by atoms with E-state index >= 15 is 0 Å². The van der Waals surface area contributed by atoms with Crippen molar-refractivity contribution in [1.82, 2.24) is 0 Å². The Morgan fingerprint density at radius 1 is 0.400 bits per heavy atom. The van der Waals surface area contributed by atoms with Crippen LogP contribution < -0.4 is 9.13 Å². The summed E-state index contributed by atoms with van der Waals surface area (Å²) in [6, 6.07) is 10.6. The molecule has 15 heteroatoms. The fraction of sp³-hybridized carbons (Fsp3) is 0.800. The minimum atomic E-state index is -5.17. The van der Waals surface area contributed by atoms with E-state index in [0.29, 0.717) is 39.6 Å². The maximum absolute atomic E-state index is 8.52. The summed E-state index contributed by atoms with van der Waals surface area (Å²) in [5, 5.41) is 0. The molecule has 0 aromatic carbocycles. The Hall–Kier alpha value is -1.64. The van der Waals surface area contributed by atoms with Gasteiger partial charge in [0, 0.05) is 99.2 Å². The molecule has 2 rings (SSSR count). The lowest BCUT2D eigenvalue weighted by Crippen LogP contribution is -2.46. The molecule has 2 aromatic heterocycles. The summed E-state index contributed by atoms with van der Waals surface area (Å²) in [6.07, 6.45) is 38.4. The van der Waals surface area contributed by atoms with Crippen molar-refractivity contribution in [1.29, 1.82) is 0 Å². The van der Waals surface area contributed by atoms with E-state index in [1.165, 1.54) is 140 Å². The minimum Gasteiger partial charge on any atom is -0.759 e. The van der Waals surface area contributed by atoms with Crippen molar-refractivity contribution in [3.8, 4) is 0 Å². The second kappa shape index (κ2) is 42.5. The molecule has 0 unspecified atom stereocenters. The predicted octanol–water partition coefficient (Wildman–Crippen LogP) is 11.6. The molecule has 0 aliphatic rings. The SMILES string of the molecule is CCCCCCCCCCCC[n+]1ccc(CC[Si](OCC)(OCC)OCC)cc1.CCCCCCCCCCCC[n+]1ccc(CC[Si](OCC)(OCC)OCC)cc1.O=S(=O)([O-])[O-]. The lowest BCUT2D eigenvalue weighted by Gasteiger charge is -2.28. The van der Waals surface area contributed by atoms with Crippen LogP contribution in [0.25, 0.3) is 0 Å². The maximum Gasteiger partial charge on any atom is 0.501 e. The summed E-state index contributed by atoms with van der Waals surface area (Å²) in [6.45, 7) is 22.7. The van der Waals surface area contributed by atoms with E-state index in [1.54, 1.807) is 0 Å². The third kappa shape index (κ3) is 37.0. The highest BCUT2D eigenvalue weighted by atomic mass is 32.3. The Kier molecular flexibility index (Phi) is 41.4. The van der Waals surface area contributed by atoms with Crippen LogP contribution in [0.2, 0.25) is 12.1 Å². The van der Waals surface area contributed by atoms with Crippen molar-refractivity contribution in [3.63, 3.8) is 0 Å². The van der Waals surface area contributed by atoms with Crippen molar-refractivity contribution in [2.45, 2.75) is 222 Å². The molecule has 65 heavy (non-hydrogen) atoms. The summed E-state index contributed by atoms with van der Waals surface area (Å²) < 4.78 is 74.5. The zero-order chi connectivity index (χ0) is 48.3. The van der Waals surface area contributed by atoms with Crippen LogP contribution in [0.4, 0.5) is 0 Å². The van der Waals surface area contributed by atoms with Crippen LogP contribution in [0.1, 0.15) is 195 Å². The zero-order valence-corrected chi connectivity index (χ0v) is 45.4. The Morgan fingerprint density at radius 3 is 0.831 bits per heavy atom. The molecule has 380 valence electrons. The molecule has 0 fully saturated rings. The van der Waals surface area contributed by atoms with Crippen LogP contribution in [0.3, 0.4) is 0 Å². The Bertz CT molecular complexity index is 1310. The number of hydrogen-bond acceptors (Lipinski definition) is 10. The topological polar surface area (TPSA) is 143 Å². The average molecular weight is 974 g/mol. The largest absolute Gasteiger partial charge is 0.759 e. The molecule has 2 aromatic rings. The van der Waals surface area contributed by atoms with Gasteiger partial charge in [0.05, 0.1) is 0 Å². The summed E-state index contributed by atoms with van der Waals surface area (Å²) in [7, 11) is -10.3. The third-order valence-corrected chi connectivity index (χ3v) is 17.2. The summed E-state index contributed by atoms with van der Waals surface area (Å²) in [5.41, 5.74) is 2.65. The van der Waals surface area contributed by atoms with Crippen LogP contribution >= 0.6 is 0 Å². The first-order chi connectivity index (χ1) is 31.4. The monoisotopic (exact) mass is 973 g/mol. The molecule has 12 nitrogen and oxygen atoms in total. The molecule has 0 spiro atoms. The van der Waals surface area contributed by atoms with Gasteiger partial charge in [-0.05, 0) is 78.4 Å². The molecule has 0 atom stereocenters. The predicted molar refractivity (Wildman–Crippen MR) is 266 cm³/mol. The van der Waals surface area contributed by atoms with Crippen molar-refractivity contribution < 1.29 is 53.2 Å². The van der Waals surface area contributed by atoms with E-state index in [9.17, 15) is 0 Å². The molecule has 0 bridgehead atoms. The molecule has 2 heterocycles. The smallest absolute Gasteiger partial charge is 0.501 e. The van der Waals surface area contributed by atoms with E-state index < -0.39 is 28.0 Å². The summed E-state index contributed by atoms with van der Waals surface area (Å²) in [5.74, 6) is 0. The van der Waals surface area contributed by atoms with Gasteiger partial charge < -0.3 is 35.7 Å². The van der Waals surface area contributed by atoms with Gasteiger partial charge in [-0.15, -0.1) is 0 Å². The van der Waals surface area contributed by atoms with E-state index in [0.717, 1.165) is 38.0 Å². The minimum absolute atomic E-state index is 0.639. The van der Waals surface area contributed by atoms with Crippen LogP contribution in [0.15, 0.2) is 49.1 Å². The number of rotatable bonds is 40. The Labute approximate surface area is 401 Å². The molecule has 0 amide bonds. The van der Waals surface area contributed by atoms with E-state index in [2.05, 4.69) is 72.0 Å². The molecule has 0 radical (unpaired) electrons. The lowest BCUT2D eigenvalue weighted by molar-refractivity contribution is -0.697. The van der Waals surface area contributed by atoms with Gasteiger partial charge in [0.1, 0.15) is 13.1 Å². The first-order valence-corrected chi connectivity index (χ1v) is 31.0. The fourth-order valence-corrected chi connectivity index (χ4v) is 13.0. The van der Waals surface area contributed by atoms with Crippen LogP contribution in [0, 0.1) is 0 Å². The van der Waals surface area contributed by atoms with Crippen LogP contribution in [0.5, 0.6) is 0 Å². The van der Waals surface area contributed by atoms with Crippen molar-refractivity contribution in [3.05, 3.63) is 60.2 Å². The van der Waals surface area contributed by atoms with Gasteiger partial charge in [0.25, 0.3) is 0 Å². The lowest BCUT2D eigenvalue weighted by atomic mass is 10.1. The standard InChI is InChI=1S/2C25H48NO3Si.H2O4S/c2*1-5-9-10-11-12-13-14-15-16-17-21-26-22-18-25(19-23-26)20-24-30(27-6-2,28-7-3)29-8-4;1-5(2,3)4/h2*18-19,22-23H,5-17,20-21,24H2,1-4H3;(H2,1,2,3,4)/q2*+1;/p-2. The second-order valence-electron chi connectivity index (χ2n) is 16.6. The first kappa shape index (κ1) is 63.4. The molecule has 0 saturated carbocycles. The zero-order valence-electron chi connectivity index (χ0n) is 42.6. The van der Waals surface area contributed by atoms with Crippen LogP contribution in [-0.4, -0.2) is 74.8 Å². The molecular formula is C50H96N2O10SSi2. The van der Waals surface area contributed by atoms with Crippen molar-refractivity contribution in [2.24, 2.45) is 0 Å². The Morgan fingerprint density at radius 2 is 0.615 bits per heavy atom. The van der Waals surface area contributed by atoms with Gasteiger partial charge in [0.15, 0.2) is 24.8 Å². The van der Waals surface area contributed by atoms with Crippen LogP contribution in [-0.2, 0) is 62.9 Å². The number of unbranched alkanes of at least 4 members (excludes halogenated alkanes) is 18. The number of aromatic nitrogens is 2. The molecule has 0 aliphatic carbocycles. The molecule has 0 aliphatic heterocycles. The summed E-state index contributed by atoms with van der Waals surface area (Å²) in [4.78, 5) is 0. The van der Waals surface area contributed by atoms with Crippen molar-refractivity contribution >= 4 is 28.0 Å². The van der Waals surface area contributed by atoms with Gasteiger partial charge >= 0.3 is 17.6 Å². The van der Waals surface area contributed by atoms with E-state index in [-0.39, 0.29) is 0 Å². The Balaban J connectivity index is 0.00000114. The number of aryl methyl sites for hydroxylation is 4. The highest BCUT2D eigenvalue weighted by Gasteiger charge is 2.40. The molecule has 0 saturated heterocycles. The highest BCUT2D eigenvalue weighted by molar-refractivity contribution is 7.79. The second-order valence-corrected chi connectivity index (χ2v) is 22.9. The number of pyridine rings is 2. The van der Waals surface area contributed by atoms with Gasteiger partial charge in [-0.3, -0.25) is 8.42 Å². The maximum atomic E-state index is 8.52. The number of nitrogens with zero attached hydrogens (tertiary/aromatic N) is 2.